The van der Waals surface area contributed by atoms with Gasteiger partial charge in [-0.25, -0.2) is 0 Å². The molecule has 0 aromatic rings. The minimum Gasteiger partial charge on any atom is -0.462 e. The van der Waals surface area contributed by atoms with E-state index in [1.165, 1.54) is 0 Å². The number of carbonyl (C=O) groups excluding carboxylic acids is 1. The molecule has 1 aliphatic heterocycles. The summed E-state index contributed by atoms with van der Waals surface area (Å²) in [6.07, 6.45) is 0.128. The first-order valence-corrected chi connectivity index (χ1v) is 6.29. The molecule has 0 saturated carbocycles. The molecule has 0 aromatic heterocycles. The first-order valence-electron chi connectivity index (χ1n) is 6.29. The number of esters is 1. The molecule has 1 fully saturated rings. The van der Waals surface area contributed by atoms with Crippen LogP contribution < -0.4 is 0 Å². The summed E-state index contributed by atoms with van der Waals surface area (Å²) >= 11 is 0. The van der Waals surface area contributed by atoms with Crippen molar-refractivity contribution >= 4 is 5.97 Å². The van der Waals surface area contributed by atoms with Gasteiger partial charge in [0.15, 0.2) is 0 Å². The van der Waals surface area contributed by atoms with Crippen LogP contribution in [-0.4, -0.2) is 25.3 Å². The van der Waals surface area contributed by atoms with Crippen molar-refractivity contribution in [2.45, 2.75) is 54.6 Å². The smallest absolute Gasteiger partial charge is 0.312 e. The number of hydrogen-bond donors (Lipinski definition) is 0. The van der Waals surface area contributed by atoms with E-state index in [0.717, 1.165) is 6.61 Å². The van der Waals surface area contributed by atoms with E-state index >= 15 is 0 Å². The maximum absolute atomic E-state index is 12.4. The minimum absolute atomic E-state index is 0.118. The van der Waals surface area contributed by atoms with Gasteiger partial charge in [-0.2, -0.15) is 0 Å². The number of epoxide rings is 1. The quantitative estimate of drug-likeness (QED) is 0.564. The van der Waals surface area contributed by atoms with Crippen LogP contribution in [0.3, 0.4) is 0 Å². The third-order valence-corrected chi connectivity index (χ3v) is 4.21. The molecule has 0 aliphatic carbocycles. The molecule has 1 atom stereocenters. The predicted octanol–water partition coefficient (Wildman–Crippen LogP) is 3.03. The van der Waals surface area contributed by atoms with Crippen molar-refractivity contribution in [2.24, 2.45) is 16.2 Å². The topological polar surface area (TPSA) is 38.8 Å². The van der Waals surface area contributed by atoms with Gasteiger partial charge in [-0.3, -0.25) is 4.79 Å². The van der Waals surface area contributed by atoms with Crippen LogP contribution in [0.15, 0.2) is 0 Å². The van der Waals surface area contributed by atoms with Crippen molar-refractivity contribution in [3.63, 3.8) is 0 Å². The van der Waals surface area contributed by atoms with E-state index in [-0.39, 0.29) is 22.9 Å². The van der Waals surface area contributed by atoms with E-state index in [2.05, 4.69) is 41.5 Å². The third kappa shape index (κ3) is 2.82. The van der Waals surface area contributed by atoms with Gasteiger partial charge < -0.3 is 9.47 Å². The van der Waals surface area contributed by atoms with E-state index in [0.29, 0.717) is 6.61 Å². The summed E-state index contributed by atoms with van der Waals surface area (Å²) in [5, 5.41) is 0. The zero-order chi connectivity index (χ0) is 13.5. The van der Waals surface area contributed by atoms with Crippen molar-refractivity contribution in [1.82, 2.24) is 0 Å². The molecule has 1 rings (SSSR count). The molecule has 0 N–H and O–H groups in total. The van der Waals surface area contributed by atoms with Gasteiger partial charge >= 0.3 is 5.97 Å². The van der Waals surface area contributed by atoms with E-state index in [1.807, 2.05) is 6.92 Å². The van der Waals surface area contributed by atoms with Crippen molar-refractivity contribution in [3.05, 3.63) is 0 Å². The highest BCUT2D eigenvalue weighted by molar-refractivity contribution is 5.78. The summed E-state index contributed by atoms with van der Waals surface area (Å²) in [6, 6.07) is 0. The first kappa shape index (κ1) is 14.5. The van der Waals surface area contributed by atoms with Gasteiger partial charge in [-0.1, -0.05) is 41.5 Å². The van der Waals surface area contributed by atoms with E-state index in [9.17, 15) is 4.79 Å². The number of carbonyl (C=O) groups is 1. The molecule has 3 nitrogen and oxygen atoms in total. The first-order chi connectivity index (χ1) is 7.50. The van der Waals surface area contributed by atoms with Gasteiger partial charge in [0, 0.05) is 0 Å². The lowest BCUT2D eigenvalue weighted by Crippen LogP contribution is -2.51. The number of rotatable bonds is 3. The van der Waals surface area contributed by atoms with Gasteiger partial charge in [-0.05, 0) is 17.8 Å². The van der Waals surface area contributed by atoms with Crippen LogP contribution in [0.5, 0.6) is 0 Å². The zero-order valence-corrected chi connectivity index (χ0v) is 12.2. The molecule has 1 heterocycles. The highest BCUT2D eigenvalue weighted by Crippen LogP contribution is 2.52. The average molecular weight is 242 g/mol. The number of hydrogen-bond acceptors (Lipinski definition) is 3. The Morgan fingerprint density at radius 3 is 1.82 bits per heavy atom. The molecule has 1 saturated heterocycles. The molecule has 0 radical (unpaired) electrons. The van der Waals surface area contributed by atoms with Crippen LogP contribution in [0, 0.1) is 16.2 Å². The lowest BCUT2D eigenvalue weighted by molar-refractivity contribution is -0.173. The Kier molecular flexibility index (Phi) is 3.64. The standard InChI is InChI=1S/C14H26O3/c1-12(2,3)14(7,13(4,5)6)11(15)17-9-10-8-16-10/h10H,8-9H2,1-7H3. The second kappa shape index (κ2) is 4.27. The van der Waals surface area contributed by atoms with Gasteiger partial charge in [0.2, 0.25) is 0 Å². The summed E-state index contributed by atoms with van der Waals surface area (Å²) in [6.45, 7) is 15.7. The van der Waals surface area contributed by atoms with Crippen LogP contribution >= 0.6 is 0 Å². The highest BCUT2D eigenvalue weighted by atomic mass is 16.6. The monoisotopic (exact) mass is 242 g/mol. The lowest BCUT2D eigenvalue weighted by atomic mass is 9.55. The Bertz CT molecular complexity index is 276. The van der Waals surface area contributed by atoms with Crippen LogP contribution in [0.4, 0.5) is 0 Å². The third-order valence-electron chi connectivity index (χ3n) is 4.21. The predicted molar refractivity (Wildman–Crippen MR) is 67.7 cm³/mol. The normalized spacial score (nSPS) is 21.2. The maximum atomic E-state index is 12.4. The molecular formula is C14H26O3. The highest BCUT2D eigenvalue weighted by Gasteiger charge is 2.53. The molecule has 0 spiro atoms. The Labute approximate surface area is 105 Å². The molecule has 100 valence electrons. The molecule has 0 amide bonds. The van der Waals surface area contributed by atoms with Crippen LogP contribution in [0.25, 0.3) is 0 Å². The van der Waals surface area contributed by atoms with Gasteiger partial charge in [0.05, 0.1) is 12.0 Å². The fourth-order valence-electron chi connectivity index (χ4n) is 2.21. The fourth-order valence-corrected chi connectivity index (χ4v) is 2.21. The minimum atomic E-state index is -0.519. The lowest BCUT2D eigenvalue weighted by Gasteiger charge is -2.48. The van der Waals surface area contributed by atoms with Gasteiger partial charge in [0.25, 0.3) is 0 Å². The largest absolute Gasteiger partial charge is 0.462 e. The molecule has 1 aliphatic rings. The van der Waals surface area contributed by atoms with Crippen LogP contribution in [0.1, 0.15) is 48.5 Å². The molecule has 0 bridgehead atoms. The maximum Gasteiger partial charge on any atom is 0.312 e. The Balaban J connectivity index is 2.85. The summed E-state index contributed by atoms with van der Waals surface area (Å²) in [5.41, 5.74) is -0.811. The second-order valence-corrected chi connectivity index (χ2v) is 7.18. The summed E-state index contributed by atoms with van der Waals surface area (Å²) < 4.78 is 10.5. The molecule has 1 unspecified atom stereocenters. The summed E-state index contributed by atoms with van der Waals surface area (Å²) in [4.78, 5) is 12.4. The molecule has 17 heavy (non-hydrogen) atoms. The van der Waals surface area contributed by atoms with Gasteiger partial charge in [-0.15, -0.1) is 0 Å². The van der Waals surface area contributed by atoms with Crippen molar-refractivity contribution in [3.8, 4) is 0 Å². The second-order valence-electron chi connectivity index (χ2n) is 7.18. The fraction of sp³-hybridized carbons (Fsp3) is 0.929. The Morgan fingerprint density at radius 1 is 1.12 bits per heavy atom. The molecular weight excluding hydrogens is 216 g/mol. The van der Waals surface area contributed by atoms with E-state index < -0.39 is 5.41 Å². The van der Waals surface area contributed by atoms with Crippen LogP contribution in [0.2, 0.25) is 0 Å². The van der Waals surface area contributed by atoms with Crippen molar-refractivity contribution in [1.29, 1.82) is 0 Å². The molecule has 0 aromatic carbocycles. The summed E-state index contributed by atoms with van der Waals surface area (Å²) in [5.74, 6) is -0.118. The Hall–Kier alpha value is -0.570. The van der Waals surface area contributed by atoms with E-state index in [4.69, 9.17) is 9.47 Å². The Morgan fingerprint density at radius 2 is 1.53 bits per heavy atom. The zero-order valence-electron chi connectivity index (χ0n) is 12.2. The van der Waals surface area contributed by atoms with Gasteiger partial charge in [0.1, 0.15) is 12.7 Å². The average Bonchev–Trinajstić information content (AvgIpc) is 2.92. The number of ether oxygens (including phenoxy) is 2. The van der Waals surface area contributed by atoms with Crippen LogP contribution in [-0.2, 0) is 14.3 Å². The van der Waals surface area contributed by atoms with Crippen molar-refractivity contribution in [2.75, 3.05) is 13.2 Å². The SMILES string of the molecule is CC(C)(C)C(C)(C(=O)OCC1CO1)C(C)(C)C. The molecule has 3 heteroatoms. The summed E-state index contributed by atoms with van der Waals surface area (Å²) in [7, 11) is 0. The van der Waals surface area contributed by atoms with E-state index in [1.54, 1.807) is 0 Å². The van der Waals surface area contributed by atoms with Crippen molar-refractivity contribution < 1.29 is 14.3 Å².